The molecular formula is C14H11ClFNO2. The lowest BCUT2D eigenvalue weighted by Gasteiger charge is -2.08. The van der Waals surface area contributed by atoms with E-state index in [4.69, 9.17) is 21.5 Å². The highest BCUT2D eigenvalue weighted by atomic mass is 35.5. The second-order valence-corrected chi connectivity index (χ2v) is 4.26. The van der Waals surface area contributed by atoms with E-state index in [9.17, 15) is 4.39 Å². The second-order valence-electron chi connectivity index (χ2n) is 3.85. The molecule has 0 atom stereocenters. The van der Waals surface area contributed by atoms with Crippen LogP contribution in [-0.4, -0.2) is 11.4 Å². The minimum Gasteiger partial charge on any atom is -0.487 e. The van der Waals surface area contributed by atoms with Crippen molar-refractivity contribution < 1.29 is 14.3 Å². The minimum absolute atomic E-state index is 0.283. The molecule has 0 saturated carbocycles. The summed E-state index contributed by atoms with van der Waals surface area (Å²) in [6, 6.07) is 11.1. The Kier molecular flexibility index (Phi) is 4.36. The van der Waals surface area contributed by atoms with Gasteiger partial charge in [0.25, 0.3) is 0 Å². The lowest BCUT2D eigenvalue weighted by Crippen LogP contribution is -1.96. The zero-order valence-corrected chi connectivity index (χ0v) is 10.6. The summed E-state index contributed by atoms with van der Waals surface area (Å²) >= 11 is 6.03. The van der Waals surface area contributed by atoms with Gasteiger partial charge in [-0.15, -0.1) is 0 Å². The number of halogens is 2. The van der Waals surface area contributed by atoms with Gasteiger partial charge in [-0.2, -0.15) is 0 Å². The van der Waals surface area contributed by atoms with E-state index in [1.165, 1.54) is 18.3 Å². The molecule has 0 aliphatic heterocycles. The van der Waals surface area contributed by atoms with Crippen LogP contribution in [0.3, 0.4) is 0 Å². The van der Waals surface area contributed by atoms with Crippen molar-refractivity contribution in [1.29, 1.82) is 0 Å². The van der Waals surface area contributed by atoms with Gasteiger partial charge in [-0.05, 0) is 41.5 Å². The number of ether oxygens (including phenoxy) is 1. The summed E-state index contributed by atoms with van der Waals surface area (Å²) in [6.07, 6.45) is 1.27. The van der Waals surface area contributed by atoms with Gasteiger partial charge >= 0.3 is 0 Å². The molecule has 0 fully saturated rings. The zero-order chi connectivity index (χ0) is 13.7. The number of benzene rings is 2. The van der Waals surface area contributed by atoms with Crippen LogP contribution in [0.1, 0.15) is 11.1 Å². The molecule has 0 unspecified atom stereocenters. The van der Waals surface area contributed by atoms with Gasteiger partial charge in [0.05, 0.1) is 11.2 Å². The maximum Gasteiger partial charge on any atom is 0.138 e. The fourth-order valence-electron chi connectivity index (χ4n) is 1.52. The van der Waals surface area contributed by atoms with E-state index in [1.54, 1.807) is 30.3 Å². The molecular weight excluding hydrogens is 269 g/mol. The van der Waals surface area contributed by atoms with Gasteiger partial charge in [0.15, 0.2) is 0 Å². The van der Waals surface area contributed by atoms with Gasteiger partial charge in [-0.3, -0.25) is 0 Å². The van der Waals surface area contributed by atoms with Crippen LogP contribution < -0.4 is 4.74 Å². The van der Waals surface area contributed by atoms with Crippen LogP contribution in [0.4, 0.5) is 4.39 Å². The lowest BCUT2D eigenvalue weighted by atomic mass is 10.2. The molecule has 0 radical (unpaired) electrons. The Balaban J connectivity index is 2.05. The van der Waals surface area contributed by atoms with E-state index < -0.39 is 0 Å². The molecule has 0 bridgehead atoms. The second kappa shape index (κ2) is 6.20. The van der Waals surface area contributed by atoms with Crippen molar-refractivity contribution in [3.05, 3.63) is 64.4 Å². The molecule has 2 aromatic rings. The van der Waals surface area contributed by atoms with Crippen LogP contribution in [-0.2, 0) is 6.61 Å². The normalized spacial score (nSPS) is 10.8. The van der Waals surface area contributed by atoms with E-state index in [1.807, 2.05) is 0 Å². The zero-order valence-electron chi connectivity index (χ0n) is 9.88. The van der Waals surface area contributed by atoms with Crippen LogP contribution in [0, 0.1) is 5.82 Å². The smallest absolute Gasteiger partial charge is 0.138 e. The third-order valence-corrected chi connectivity index (χ3v) is 2.77. The monoisotopic (exact) mass is 279 g/mol. The highest BCUT2D eigenvalue weighted by Gasteiger charge is 2.03. The van der Waals surface area contributed by atoms with Crippen molar-refractivity contribution in [3.8, 4) is 5.75 Å². The summed E-state index contributed by atoms with van der Waals surface area (Å²) in [5.41, 5.74) is 1.51. The summed E-state index contributed by atoms with van der Waals surface area (Å²) in [5.74, 6) is 0.232. The molecule has 98 valence electrons. The Morgan fingerprint density at radius 2 is 1.95 bits per heavy atom. The molecule has 0 aromatic heterocycles. The SMILES string of the molecule is O/N=C\c1ccc(OCc2ccc(F)cc2)c(Cl)c1. The van der Waals surface area contributed by atoms with Crippen LogP contribution in [0.15, 0.2) is 47.6 Å². The van der Waals surface area contributed by atoms with Crippen LogP contribution in [0.5, 0.6) is 5.75 Å². The Bertz CT molecular complexity index is 584. The van der Waals surface area contributed by atoms with E-state index in [2.05, 4.69) is 5.16 Å². The van der Waals surface area contributed by atoms with E-state index >= 15 is 0 Å². The van der Waals surface area contributed by atoms with Crippen LogP contribution >= 0.6 is 11.6 Å². The van der Waals surface area contributed by atoms with Crippen LogP contribution in [0.25, 0.3) is 0 Å². The predicted molar refractivity (Wildman–Crippen MR) is 71.6 cm³/mol. The summed E-state index contributed by atoms with van der Waals surface area (Å²) in [7, 11) is 0. The number of nitrogens with zero attached hydrogens (tertiary/aromatic N) is 1. The maximum atomic E-state index is 12.7. The molecule has 0 aliphatic rings. The maximum absolute atomic E-state index is 12.7. The Morgan fingerprint density at radius 1 is 1.21 bits per heavy atom. The first-order chi connectivity index (χ1) is 9.19. The molecule has 1 N–H and O–H groups in total. The highest BCUT2D eigenvalue weighted by molar-refractivity contribution is 6.32. The molecule has 0 aliphatic carbocycles. The first-order valence-electron chi connectivity index (χ1n) is 5.53. The number of hydrogen-bond donors (Lipinski definition) is 1. The first kappa shape index (κ1) is 13.4. The molecule has 0 heterocycles. The summed E-state index contributed by atoms with van der Waals surface area (Å²) in [5, 5.41) is 11.8. The van der Waals surface area contributed by atoms with Gasteiger partial charge in [0, 0.05) is 0 Å². The molecule has 19 heavy (non-hydrogen) atoms. The standard InChI is InChI=1S/C14H11ClFNO2/c15-13-7-11(8-17-18)3-6-14(13)19-9-10-1-4-12(16)5-2-10/h1-8,18H,9H2/b17-8-. The van der Waals surface area contributed by atoms with E-state index in [-0.39, 0.29) is 5.82 Å². The average Bonchev–Trinajstić information content (AvgIpc) is 2.40. The van der Waals surface area contributed by atoms with Gasteiger partial charge < -0.3 is 9.94 Å². The van der Waals surface area contributed by atoms with Gasteiger partial charge in [-0.1, -0.05) is 28.9 Å². The van der Waals surface area contributed by atoms with E-state index in [0.717, 1.165) is 5.56 Å². The molecule has 2 aromatic carbocycles. The fraction of sp³-hybridized carbons (Fsp3) is 0.0714. The number of oxime groups is 1. The lowest BCUT2D eigenvalue weighted by molar-refractivity contribution is 0.306. The van der Waals surface area contributed by atoms with Gasteiger partial charge in [0.1, 0.15) is 18.2 Å². The van der Waals surface area contributed by atoms with Crippen molar-refractivity contribution in [2.75, 3.05) is 0 Å². The number of rotatable bonds is 4. The summed E-state index contributed by atoms with van der Waals surface area (Å²) in [4.78, 5) is 0. The Morgan fingerprint density at radius 3 is 2.58 bits per heavy atom. The molecule has 3 nitrogen and oxygen atoms in total. The minimum atomic E-state index is -0.283. The predicted octanol–water partition coefficient (Wildman–Crippen LogP) is 3.87. The average molecular weight is 280 g/mol. The van der Waals surface area contributed by atoms with E-state index in [0.29, 0.717) is 22.9 Å². The largest absolute Gasteiger partial charge is 0.487 e. The molecule has 5 heteroatoms. The molecule has 2 rings (SSSR count). The Labute approximate surface area is 114 Å². The van der Waals surface area contributed by atoms with Crippen molar-refractivity contribution >= 4 is 17.8 Å². The summed E-state index contributed by atoms with van der Waals surface area (Å²) < 4.78 is 18.3. The molecule has 0 amide bonds. The topological polar surface area (TPSA) is 41.8 Å². The third kappa shape index (κ3) is 3.69. The van der Waals surface area contributed by atoms with Gasteiger partial charge in [-0.25, -0.2) is 4.39 Å². The first-order valence-corrected chi connectivity index (χ1v) is 5.91. The quantitative estimate of drug-likeness (QED) is 0.524. The Hall–Kier alpha value is -2.07. The third-order valence-electron chi connectivity index (χ3n) is 2.47. The van der Waals surface area contributed by atoms with Crippen LogP contribution in [0.2, 0.25) is 5.02 Å². The fourth-order valence-corrected chi connectivity index (χ4v) is 1.77. The van der Waals surface area contributed by atoms with Crippen molar-refractivity contribution in [2.24, 2.45) is 5.16 Å². The molecule has 0 spiro atoms. The summed E-state index contributed by atoms with van der Waals surface area (Å²) in [6.45, 7) is 0.299. The van der Waals surface area contributed by atoms with Crippen molar-refractivity contribution in [3.63, 3.8) is 0 Å². The number of hydrogen-bond acceptors (Lipinski definition) is 3. The van der Waals surface area contributed by atoms with Crippen molar-refractivity contribution in [1.82, 2.24) is 0 Å². The highest BCUT2D eigenvalue weighted by Crippen LogP contribution is 2.25. The molecule has 0 saturated heterocycles. The van der Waals surface area contributed by atoms with Crippen molar-refractivity contribution in [2.45, 2.75) is 6.61 Å². The van der Waals surface area contributed by atoms with Gasteiger partial charge in [0.2, 0.25) is 0 Å².